The molecule has 0 spiro atoms. The Morgan fingerprint density at radius 3 is 2.58 bits per heavy atom. The first-order valence-corrected chi connectivity index (χ1v) is 8.58. The Bertz CT molecular complexity index is 715. The summed E-state index contributed by atoms with van der Waals surface area (Å²) in [5, 5.41) is 2.84. The molecule has 3 rings (SSSR count). The fraction of sp³-hybridized carbons (Fsp3) is 0.278. The van der Waals surface area contributed by atoms with Gasteiger partial charge in [-0.2, -0.15) is 0 Å². The maximum absolute atomic E-state index is 13.6. The first kappa shape index (κ1) is 16.9. The molecule has 4 nitrogen and oxygen atoms in total. The van der Waals surface area contributed by atoms with Gasteiger partial charge >= 0.3 is 0 Å². The number of hydrogen-bond acceptors (Lipinski definition) is 3. The quantitative estimate of drug-likeness (QED) is 0.863. The fourth-order valence-corrected chi connectivity index (χ4v) is 2.93. The molecule has 1 saturated heterocycles. The van der Waals surface area contributed by atoms with Crippen molar-refractivity contribution in [2.45, 2.75) is 6.42 Å². The van der Waals surface area contributed by atoms with Gasteiger partial charge in [-0.1, -0.05) is 28.1 Å². The van der Waals surface area contributed by atoms with Gasteiger partial charge in [0.25, 0.3) is 0 Å². The minimum absolute atomic E-state index is 0.169. The largest absolute Gasteiger partial charge is 0.378 e. The highest BCUT2D eigenvalue weighted by atomic mass is 79.9. The molecule has 2 aromatic rings. The van der Waals surface area contributed by atoms with E-state index in [1.807, 2.05) is 24.3 Å². The number of ether oxygens (including phenoxy) is 1. The maximum Gasteiger partial charge on any atom is 0.228 e. The molecule has 0 bridgehead atoms. The van der Waals surface area contributed by atoms with E-state index in [1.54, 1.807) is 6.07 Å². The summed E-state index contributed by atoms with van der Waals surface area (Å²) in [6, 6.07) is 12.0. The van der Waals surface area contributed by atoms with Crippen LogP contribution < -0.4 is 10.2 Å². The number of carbonyl (C=O) groups excluding carboxylic acids is 1. The van der Waals surface area contributed by atoms with E-state index in [2.05, 4.69) is 26.1 Å². The highest BCUT2D eigenvalue weighted by molar-refractivity contribution is 9.10. The molecule has 2 aromatic carbocycles. The zero-order valence-electron chi connectivity index (χ0n) is 13.1. The van der Waals surface area contributed by atoms with Crippen LogP contribution in [0.4, 0.5) is 15.8 Å². The van der Waals surface area contributed by atoms with Crippen molar-refractivity contribution in [3.63, 3.8) is 0 Å². The van der Waals surface area contributed by atoms with E-state index in [9.17, 15) is 9.18 Å². The van der Waals surface area contributed by atoms with E-state index in [-0.39, 0.29) is 18.1 Å². The Morgan fingerprint density at radius 1 is 1.17 bits per heavy atom. The number of anilines is 2. The van der Waals surface area contributed by atoms with Crippen LogP contribution in [0, 0.1) is 5.82 Å². The van der Waals surface area contributed by atoms with E-state index in [1.165, 1.54) is 12.1 Å². The van der Waals surface area contributed by atoms with Crippen molar-refractivity contribution in [1.82, 2.24) is 0 Å². The lowest BCUT2D eigenvalue weighted by Crippen LogP contribution is -2.36. The molecule has 0 radical (unpaired) electrons. The van der Waals surface area contributed by atoms with E-state index >= 15 is 0 Å². The molecule has 1 amide bonds. The van der Waals surface area contributed by atoms with E-state index in [0.717, 1.165) is 28.8 Å². The van der Waals surface area contributed by atoms with Crippen molar-refractivity contribution < 1.29 is 13.9 Å². The van der Waals surface area contributed by atoms with Crippen molar-refractivity contribution in [2.75, 3.05) is 36.5 Å². The number of amides is 1. The third-order valence-electron chi connectivity index (χ3n) is 3.86. The first-order valence-electron chi connectivity index (χ1n) is 7.78. The normalized spacial score (nSPS) is 14.5. The lowest BCUT2D eigenvalue weighted by Gasteiger charge is -2.30. The summed E-state index contributed by atoms with van der Waals surface area (Å²) in [5.74, 6) is -0.539. The molecule has 126 valence electrons. The summed E-state index contributed by atoms with van der Waals surface area (Å²) >= 11 is 3.37. The van der Waals surface area contributed by atoms with Gasteiger partial charge in [-0.3, -0.25) is 4.79 Å². The number of hydrogen-bond donors (Lipinski definition) is 1. The Labute approximate surface area is 148 Å². The van der Waals surface area contributed by atoms with Crippen LogP contribution in [-0.2, 0) is 16.0 Å². The van der Waals surface area contributed by atoms with Gasteiger partial charge in [0.15, 0.2) is 0 Å². The molecule has 1 N–H and O–H groups in total. The maximum atomic E-state index is 13.6. The molecular weight excluding hydrogens is 375 g/mol. The molecule has 1 heterocycles. The first-order chi connectivity index (χ1) is 11.6. The highest BCUT2D eigenvalue weighted by Gasteiger charge is 2.17. The summed E-state index contributed by atoms with van der Waals surface area (Å²) in [5.41, 5.74) is 2.22. The molecule has 1 fully saturated rings. The summed E-state index contributed by atoms with van der Waals surface area (Å²) in [6.07, 6.45) is 0.242. The average molecular weight is 393 g/mol. The van der Waals surface area contributed by atoms with Crippen LogP contribution in [0.25, 0.3) is 0 Å². The summed E-state index contributed by atoms with van der Waals surface area (Å²) < 4.78 is 19.9. The topological polar surface area (TPSA) is 41.6 Å². The molecule has 0 aliphatic carbocycles. The molecule has 6 heteroatoms. The molecule has 0 atom stereocenters. The SMILES string of the molecule is O=C(Cc1ccc(Br)cc1)Nc1cc(F)ccc1N1CCOCC1. The van der Waals surface area contributed by atoms with Crippen LogP contribution in [0.1, 0.15) is 5.56 Å². The lowest BCUT2D eigenvalue weighted by atomic mass is 10.1. The van der Waals surface area contributed by atoms with Crippen molar-refractivity contribution in [1.29, 1.82) is 0 Å². The van der Waals surface area contributed by atoms with Gasteiger partial charge in [0.2, 0.25) is 5.91 Å². The van der Waals surface area contributed by atoms with Gasteiger partial charge in [-0.05, 0) is 35.9 Å². The second-order valence-electron chi connectivity index (χ2n) is 5.61. The standard InChI is InChI=1S/C18H18BrFN2O2/c19-14-3-1-13(2-4-14)11-18(23)21-16-12-15(20)5-6-17(16)22-7-9-24-10-8-22/h1-6,12H,7-11H2,(H,21,23). The number of nitrogens with one attached hydrogen (secondary N) is 1. The molecule has 0 aromatic heterocycles. The highest BCUT2D eigenvalue weighted by Crippen LogP contribution is 2.28. The smallest absolute Gasteiger partial charge is 0.228 e. The molecule has 24 heavy (non-hydrogen) atoms. The Kier molecular flexibility index (Phi) is 5.48. The number of benzene rings is 2. The van der Waals surface area contributed by atoms with Crippen LogP contribution in [0.5, 0.6) is 0 Å². The average Bonchev–Trinajstić information content (AvgIpc) is 2.58. The minimum Gasteiger partial charge on any atom is -0.378 e. The second kappa shape index (κ2) is 7.77. The zero-order chi connectivity index (χ0) is 16.9. The Morgan fingerprint density at radius 2 is 1.88 bits per heavy atom. The van der Waals surface area contributed by atoms with Crippen molar-refractivity contribution in [2.24, 2.45) is 0 Å². The summed E-state index contributed by atoms with van der Waals surface area (Å²) in [7, 11) is 0. The summed E-state index contributed by atoms with van der Waals surface area (Å²) in [6.45, 7) is 2.70. The van der Waals surface area contributed by atoms with Gasteiger partial charge in [0.05, 0.1) is 31.0 Å². The molecule has 1 aliphatic rings. The second-order valence-corrected chi connectivity index (χ2v) is 6.53. The predicted octanol–water partition coefficient (Wildman–Crippen LogP) is 3.61. The van der Waals surface area contributed by atoms with Crippen molar-refractivity contribution in [3.05, 3.63) is 58.3 Å². The van der Waals surface area contributed by atoms with Crippen LogP contribution in [0.2, 0.25) is 0 Å². The number of rotatable bonds is 4. The van der Waals surface area contributed by atoms with Crippen molar-refractivity contribution in [3.8, 4) is 0 Å². The monoisotopic (exact) mass is 392 g/mol. The van der Waals surface area contributed by atoms with Crippen LogP contribution in [0.15, 0.2) is 46.9 Å². The predicted molar refractivity (Wildman–Crippen MR) is 95.9 cm³/mol. The molecule has 1 aliphatic heterocycles. The van der Waals surface area contributed by atoms with Crippen LogP contribution in [0.3, 0.4) is 0 Å². The Balaban J connectivity index is 1.74. The third kappa shape index (κ3) is 4.33. The fourth-order valence-electron chi connectivity index (χ4n) is 2.67. The van der Waals surface area contributed by atoms with Crippen LogP contribution in [-0.4, -0.2) is 32.2 Å². The van der Waals surface area contributed by atoms with E-state index in [4.69, 9.17) is 4.74 Å². The third-order valence-corrected chi connectivity index (χ3v) is 4.39. The number of morpholine rings is 1. The molecule has 0 unspecified atom stereocenters. The molecular formula is C18H18BrFN2O2. The number of nitrogens with zero attached hydrogens (tertiary/aromatic N) is 1. The van der Waals surface area contributed by atoms with Crippen LogP contribution >= 0.6 is 15.9 Å². The van der Waals surface area contributed by atoms with Gasteiger partial charge in [-0.25, -0.2) is 4.39 Å². The van der Waals surface area contributed by atoms with E-state index < -0.39 is 0 Å². The molecule has 0 saturated carbocycles. The number of carbonyl (C=O) groups is 1. The van der Waals surface area contributed by atoms with Gasteiger partial charge in [0, 0.05) is 17.6 Å². The van der Waals surface area contributed by atoms with Crippen molar-refractivity contribution >= 4 is 33.2 Å². The number of halogens is 2. The zero-order valence-corrected chi connectivity index (χ0v) is 14.7. The Hall–Kier alpha value is -1.92. The summed E-state index contributed by atoms with van der Waals surface area (Å²) in [4.78, 5) is 14.4. The lowest BCUT2D eigenvalue weighted by molar-refractivity contribution is -0.115. The van der Waals surface area contributed by atoms with Gasteiger partial charge in [0.1, 0.15) is 5.82 Å². The van der Waals surface area contributed by atoms with E-state index in [0.29, 0.717) is 18.9 Å². The van der Waals surface area contributed by atoms with Gasteiger partial charge < -0.3 is 15.0 Å². The minimum atomic E-state index is -0.369. The van der Waals surface area contributed by atoms with Gasteiger partial charge in [-0.15, -0.1) is 0 Å².